The molecule has 0 aliphatic rings. The van der Waals surface area contributed by atoms with E-state index in [4.69, 9.17) is 0 Å². The Bertz CT molecular complexity index is 224. The molecule has 0 aliphatic carbocycles. The van der Waals surface area contributed by atoms with Crippen molar-refractivity contribution in [1.82, 2.24) is 4.98 Å². The molecule has 0 amide bonds. The topological polar surface area (TPSA) is 24.9 Å². The molecule has 5 heteroatoms. The van der Waals surface area contributed by atoms with Crippen LogP contribution >= 0.6 is 11.3 Å². The first-order valence-electron chi connectivity index (χ1n) is 3.12. The van der Waals surface area contributed by atoms with E-state index in [1.807, 2.05) is 12.3 Å². The Balaban J connectivity index is 2.39. The van der Waals surface area contributed by atoms with E-state index in [1.54, 1.807) is 0 Å². The van der Waals surface area contributed by atoms with Crippen LogP contribution in [0, 0.1) is 6.92 Å². The highest BCUT2D eigenvalue weighted by Gasteiger charge is 2.02. The molecule has 62 valence electrons. The largest absolute Gasteiger partial charge is 0.356 e. The fraction of sp³-hybridized carbons (Fsp3) is 0.500. The molecule has 1 rings (SSSR count). The average molecular weight is 178 g/mol. The zero-order chi connectivity index (χ0) is 8.27. The maximum atomic E-state index is 11.6. The van der Waals surface area contributed by atoms with Gasteiger partial charge in [0.15, 0.2) is 5.13 Å². The Kier molecular flexibility index (Phi) is 2.76. The second kappa shape index (κ2) is 3.61. The maximum absolute atomic E-state index is 11.6. The molecular weight excluding hydrogens is 170 g/mol. The fourth-order valence-corrected chi connectivity index (χ4v) is 1.30. The number of alkyl halides is 2. The van der Waals surface area contributed by atoms with Crippen LogP contribution in [0.1, 0.15) is 5.69 Å². The van der Waals surface area contributed by atoms with E-state index in [2.05, 4.69) is 10.3 Å². The summed E-state index contributed by atoms with van der Waals surface area (Å²) >= 11 is 1.34. The summed E-state index contributed by atoms with van der Waals surface area (Å²) in [6, 6.07) is 0. The summed E-state index contributed by atoms with van der Waals surface area (Å²) in [6.07, 6.45) is -2.32. The third-order valence-electron chi connectivity index (χ3n) is 1.03. The SMILES string of the molecule is Cc1csc(NCC(F)F)n1. The number of aromatic nitrogens is 1. The summed E-state index contributed by atoms with van der Waals surface area (Å²) in [5.41, 5.74) is 0.853. The van der Waals surface area contributed by atoms with Gasteiger partial charge < -0.3 is 5.32 Å². The minimum Gasteiger partial charge on any atom is -0.356 e. The number of anilines is 1. The van der Waals surface area contributed by atoms with Gasteiger partial charge in [0.1, 0.15) is 0 Å². The van der Waals surface area contributed by atoms with Gasteiger partial charge in [-0.15, -0.1) is 11.3 Å². The molecule has 1 aromatic heterocycles. The lowest BCUT2D eigenvalue weighted by Crippen LogP contribution is -2.09. The Morgan fingerprint density at radius 3 is 2.91 bits per heavy atom. The first-order chi connectivity index (χ1) is 5.18. The molecule has 11 heavy (non-hydrogen) atoms. The molecular formula is C6H8F2N2S. The highest BCUT2D eigenvalue weighted by atomic mass is 32.1. The molecule has 0 saturated carbocycles. The van der Waals surface area contributed by atoms with E-state index >= 15 is 0 Å². The van der Waals surface area contributed by atoms with Gasteiger partial charge in [-0.1, -0.05) is 0 Å². The van der Waals surface area contributed by atoms with Crippen LogP contribution in [0.15, 0.2) is 5.38 Å². The van der Waals surface area contributed by atoms with Crippen LogP contribution in [0.2, 0.25) is 0 Å². The summed E-state index contributed by atoms with van der Waals surface area (Å²) in [5.74, 6) is 0. The van der Waals surface area contributed by atoms with Gasteiger partial charge in [0.05, 0.1) is 12.2 Å². The molecule has 0 radical (unpaired) electrons. The summed E-state index contributed by atoms with van der Waals surface area (Å²) in [5, 5.41) is 4.89. The first kappa shape index (κ1) is 8.39. The van der Waals surface area contributed by atoms with Crippen molar-refractivity contribution < 1.29 is 8.78 Å². The van der Waals surface area contributed by atoms with E-state index in [-0.39, 0.29) is 6.54 Å². The normalized spacial score (nSPS) is 10.5. The van der Waals surface area contributed by atoms with Crippen LogP contribution in [-0.4, -0.2) is 18.0 Å². The summed E-state index contributed by atoms with van der Waals surface area (Å²) in [7, 11) is 0. The predicted octanol–water partition coefficient (Wildman–Crippen LogP) is 2.13. The van der Waals surface area contributed by atoms with Gasteiger partial charge in [-0.05, 0) is 6.92 Å². The number of nitrogens with one attached hydrogen (secondary N) is 1. The van der Waals surface area contributed by atoms with Gasteiger partial charge in [0.25, 0.3) is 6.43 Å². The number of hydrogen-bond acceptors (Lipinski definition) is 3. The van der Waals surface area contributed by atoms with Crippen molar-refractivity contribution in [2.45, 2.75) is 13.3 Å². The Morgan fingerprint density at radius 1 is 1.73 bits per heavy atom. The maximum Gasteiger partial charge on any atom is 0.255 e. The number of thiazole rings is 1. The molecule has 0 fully saturated rings. The van der Waals surface area contributed by atoms with E-state index in [9.17, 15) is 8.78 Å². The van der Waals surface area contributed by atoms with Gasteiger partial charge in [0, 0.05) is 5.38 Å². The minimum atomic E-state index is -2.32. The van der Waals surface area contributed by atoms with Gasteiger partial charge in [-0.3, -0.25) is 0 Å². The molecule has 1 heterocycles. The van der Waals surface area contributed by atoms with Crippen molar-refractivity contribution >= 4 is 16.5 Å². The van der Waals surface area contributed by atoms with Crippen molar-refractivity contribution in [3.63, 3.8) is 0 Å². The van der Waals surface area contributed by atoms with Crippen molar-refractivity contribution in [2.75, 3.05) is 11.9 Å². The summed E-state index contributed by atoms with van der Waals surface area (Å²) in [4.78, 5) is 3.96. The fourth-order valence-electron chi connectivity index (χ4n) is 0.600. The molecule has 0 unspecified atom stereocenters. The molecule has 0 spiro atoms. The van der Waals surface area contributed by atoms with E-state index in [0.717, 1.165) is 5.69 Å². The number of rotatable bonds is 3. The zero-order valence-electron chi connectivity index (χ0n) is 5.97. The molecule has 2 nitrogen and oxygen atoms in total. The third-order valence-corrected chi connectivity index (χ3v) is 1.94. The standard InChI is InChI=1S/C6H8F2N2S/c1-4-3-11-6(10-4)9-2-5(7)8/h3,5H,2H2,1H3,(H,9,10). The first-order valence-corrected chi connectivity index (χ1v) is 4.00. The van der Waals surface area contributed by atoms with Crippen molar-refractivity contribution in [2.24, 2.45) is 0 Å². The Hall–Kier alpha value is -0.710. The van der Waals surface area contributed by atoms with Gasteiger partial charge in [-0.25, -0.2) is 13.8 Å². The lowest BCUT2D eigenvalue weighted by atomic mass is 10.6. The highest BCUT2D eigenvalue weighted by Crippen LogP contribution is 2.14. The molecule has 0 saturated heterocycles. The van der Waals surface area contributed by atoms with E-state index in [1.165, 1.54) is 11.3 Å². The van der Waals surface area contributed by atoms with Crippen molar-refractivity contribution in [3.05, 3.63) is 11.1 Å². The molecule has 0 aliphatic heterocycles. The molecule has 0 bridgehead atoms. The van der Waals surface area contributed by atoms with Gasteiger partial charge >= 0.3 is 0 Å². The van der Waals surface area contributed by atoms with Gasteiger partial charge in [-0.2, -0.15) is 0 Å². The van der Waals surface area contributed by atoms with Crippen LogP contribution in [0.25, 0.3) is 0 Å². The van der Waals surface area contributed by atoms with E-state index in [0.29, 0.717) is 5.13 Å². The lowest BCUT2D eigenvalue weighted by Gasteiger charge is -1.98. The van der Waals surface area contributed by atoms with Crippen LogP contribution in [-0.2, 0) is 0 Å². The summed E-state index contributed by atoms with van der Waals surface area (Å²) in [6.45, 7) is 1.50. The molecule has 0 atom stereocenters. The predicted molar refractivity (Wildman–Crippen MR) is 41.3 cm³/mol. The van der Waals surface area contributed by atoms with Crippen LogP contribution in [0.4, 0.5) is 13.9 Å². The number of nitrogens with zero attached hydrogens (tertiary/aromatic N) is 1. The summed E-state index contributed by atoms with van der Waals surface area (Å²) < 4.78 is 23.3. The minimum absolute atomic E-state index is 0.326. The van der Waals surface area contributed by atoms with Crippen molar-refractivity contribution in [3.8, 4) is 0 Å². The Labute approximate surface area is 67.3 Å². The van der Waals surface area contributed by atoms with Crippen LogP contribution in [0.3, 0.4) is 0 Å². The number of aryl methyl sites for hydroxylation is 1. The highest BCUT2D eigenvalue weighted by molar-refractivity contribution is 7.13. The van der Waals surface area contributed by atoms with Crippen LogP contribution in [0.5, 0.6) is 0 Å². The second-order valence-electron chi connectivity index (χ2n) is 2.07. The van der Waals surface area contributed by atoms with E-state index < -0.39 is 6.43 Å². The Morgan fingerprint density at radius 2 is 2.45 bits per heavy atom. The third kappa shape index (κ3) is 2.80. The zero-order valence-corrected chi connectivity index (χ0v) is 6.79. The molecule has 0 aromatic carbocycles. The molecule has 1 N–H and O–H groups in total. The van der Waals surface area contributed by atoms with Crippen molar-refractivity contribution in [1.29, 1.82) is 0 Å². The van der Waals surface area contributed by atoms with Gasteiger partial charge in [0.2, 0.25) is 0 Å². The second-order valence-corrected chi connectivity index (χ2v) is 2.92. The average Bonchev–Trinajstić information content (AvgIpc) is 2.31. The monoisotopic (exact) mass is 178 g/mol. The quantitative estimate of drug-likeness (QED) is 0.766. The smallest absolute Gasteiger partial charge is 0.255 e. The molecule has 1 aromatic rings. The number of halogens is 2. The van der Waals surface area contributed by atoms with Crippen LogP contribution < -0.4 is 5.32 Å². The lowest BCUT2D eigenvalue weighted by molar-refractivity contribution is 0.163. The number of hydrogen-bond donors (Lipinski definition) is 1.